The van der Waals surface area contributed by atoms with Gasteiger partial charge in [-0.1, -0.05) is 6.07 Å². The molecule has 0 spiro atoms. The molecule has 118 valence electrons. The predicted molar refractivity (Wildman–Crippen MR) is 87.8 cm³/mol. The van der Waals surface area contributed by atoms with Crippen molar-refractivity contribution in [3.63, 3.8) is 0 Å². The second kappa shape index (κ2) is 5.77. The molecule has 6 heteroatoms. The van der Waals surface area contributed by atoms with Gasteiger partial charge < -0.3 is 9.88 Å². The quantitative estimate of drug-likeness (QED) is 0.797. The summed E-state index contributed by atoms with van der Waals surface area (Å²) in [4.78, 5) is 23.3. The van der Waals surface area contributed by atoms with Gasteiger partial charge in [-0.25, -0.2) is 9.37 Å². The first kappa shape index (κ1) is 14.4. The molecule has 0 radical (unpaired) electrons. The minimum Gasteiger partial charge on any atom is -0.340 e. The van der Waals surface area contributed by atoms with Crippen molar-refractivity contribution in [2.24, 2.45) is 0 Å². The van der Waals surface area contributed by atoms with Crippen LogP contribution < -0.4 is 0 Å². The van der Waals surface area contributed by atoms with Gasteiger partial charge in [0.1, 0.15) is 11.6 Å². The van der Waals surface area contributed by atoms with Crippen LogP contribution in [0.25, 0.3) is 11.0 Å². The van der Waals surface area contributed by atoms with Crippen LogP contribution in [-0.2, 0) is 11.2 Å². The highest BCUT2D eigenvalue weighted by atomic mass is 32.1. The number of likely N-dealkylation sites (tertiary alicyclic amines) is 1. The molecule has 2 aromatic heterocycles. The number of amides is 1. The van der Waals surface area contributed by atoms with Crippen LogP contribution in [0.3, 0.4) is 0 Å². The van der Waals surface area contributed by atoms with Gasteiger partial charge in [-0.2, -0.15) is 0 Å². The van der Waals surface area contributed by atoms with Gasteiger partial charge in [0.25, 0.3) is 0 Å². The highest BCUT2D eigenvalue weighted by Crippen LogP contribution is 2.32. The smallest absolute Gasteiger partial charge is 0.228 e. The molecular formula is C17H16FN3OS. The Morgan fingerprint density at radius 3 is 3.17 bits per heavy atom. The van der Waals surface area contributed by atoms with E-state index in [0.29, 0.717) is 11.9 Å². The molecule has 0 unspecified atom stereocenters. The number of hydrogen-bond acceptors (Lipinski definition) is 3. The number of imidazole rings is 1. The molecule has 1 fully saturated rings. The Hall–Kier alpha value is -2.21. The number of aromatic nitrogens is 2. The van der Waals surface area contributed by atoms with Crippen molar-refractivity contribution in [2.75, 3.05) is 6.54 Å². The summed E-state index contributed by atoms with van der Waals surface area (Å²) in [6, 6.07) is 8.41. The van der Waals surface area contributed by atoms with Crippen LogP contribution in [0.2, 0.25) is 0 Å². The van der Waals surface area contributed by atoms with Crippen molar-refractivity contribution in [3.8, 4) is 0 Å². The number of thiophene rings is 1. The average Bonchev–Trinajstić information content (AvgIpc) is 3.26. The largest absolute Gasteiger partial charge is 0.340 e. The fraction of sp³-hybridized carbons (Fsp3) is 0.294. The summed E-state index contributed by atoms with van der Waals surface area (Å²) < 4.78 is 13.3. The molecule has 1 aromatic carbocycles. The van der Waals surface area contributed by atoms with E-state index in [1.807, 2.05) is 22.4 Å². The lowest BCUT2D eigenvalue weighted by molar-refractivity contribution is -0.131. The molecule has 1 aliphatic heterocycles. The molecule has 0 saturated carbocycles. The topological polar surface area (TPSA) is 49.0 Å². The summed E-state index contributed by atoms with van der Waals surface area (Å²) in [6.07, 6.45) is 2.29. The van der Waals surface area contributed by atoms with Gasteiger partial charge in [0, 0.05) is 11.4 Å². The number of rotatable bonds is 3. The molecule has 1 aliphatic rings. The lowest BCUT2D eigenvalue weighted by Gasteiger charge is -2.23. The molecule has 1 atom stereocenters. The van der Waals surface area contributed by atoms with Crippen LogP contribution in [0.15, 0.2) is 35.7 Å². The number of hydrogen-bond donors (Lipinski definition) is 1. The van der Waals surface area contributed by atoms with E-state index in [1.54, 1.807) is 17.4 Å². The maximum absolute atomic E-state index is 13.3. The van der Waals surface area contributed by atoms with Crippen LogP contribution >= 0.6 is 11.3 Å². The first-order valence-electron chi connectivity index (χ1n) is 7.68. The van der Waals surface area contributed by atoms with Gasteiger partial charge in [0.15, 0.2) is 0 Å². The van der Waals surface area contributed by atoms with E-state index in [-0.39, 0.29) is 17.8 Å². The molecule has 3 heterocycles. The van der Waals surface area contributed by atoms with E-state index in [1.165, 1.54) is 12.1 Å². The Morgan fingerprint density at radius 1 is 1.43 bits per heavy atom. The number of carbonyl (C=O) groups is 1. The SMILES string of the molecule is O=C(Cc1cccs1)N1CCC[C@H]1c1nc2ccc(F)cc2[nH]1. The fourth-order valence-electron chi connectivity index (χ4n) is 3.17. The number of carbonyl (C=O) groups excluding carboxylic acids is 1. The van der Waals surface area contributed by atoms with Crippen LogP contribution in [0.1, 0.15) is 29.6 Å². The van der Waals surface area contributed by atoms with Crippen LogP contribution in [-0.4, -0.2) is 27.3 Å². The van der Waals surface area contributed by atoms with E-state index < -0.39 is 0 Å². The van der Waals surface area contributed by atoms with Gasteiger partial charge in [-0.05, 0) is 42.5 Å². The molecule has 0 aliphatic carbocycles. The third-order valence-corrected chi connectivity index (χ3v) is 5.13. The van der Waals surface area contributed by atoms with Crippen molar-refractivity contribution in [1.29, 1.82) is 0 Å². The summed E-state index contributed by atoms with van der Waals surface area (Å²) in [5.74, 6) is 0.592. The van der Waals surface area contributed by atoms with Crippen molar-refractivity contribution in [3.05, 3.63) is 52.2 Å². The summed E-state index contributed by atoms with van der Waals surface area (Å²) in [6.45, 7) is 0.750. The zero-order valence-corrected chi connectivity index (χ0v) is 13.3. The van der Waals surface area contributed by atoms with Crippen LogP contribution in [0.5, 0.6) is 0 Å². The lowest BCUT2D eigenvalue weighted by Crippen LogP contribution is -2.32. The number of H-pyrrole nitrogens is 1. The Morgan fingerprint density at radius 2 is 2.35 bits per heavy atom. The normalized spacial score (nSPS) is 18.0. The van der Waals surface area contributed by atoms with E-state index in [2.05, 4.69) is 9.97 Å². The van der Waals surface area contributed by atoms with Gasteiger partial charge in [-0.3, -0.25) is 4.79 Å². The molecule has 4 nitrogen and oxygen atoms in total. The van der Waals surface area contributed by atoms with Crippen molar-refractivity contribution >= 4 is 28.3 Å². The minimum absolute atomic E-state index is 0.0436. The zero-order valence-electron chi connectivity index (χ0n) is 12.5. The van der Waals surface area contributed by atoms with Crippen molar-refractivity contribution in [1.82, 2.24) is 14.9 Å². The summed E-state index contributed by atoms with van der Waals surface area (Å²) in [5.41, 5.74) is 1.41. The lowest BCUT2D eigenvalue weighted by atomic mass is 10.2. The summed E-state index contributed by atoms with van der Waals surface area (Å²) in [5, 5.41) is 1.98. The van der Waals surface area contributed by atoms with E-state index >= 15 is 0 Å². The maximum atomic E-state index is 13.3. The molecule has 4 rings (SSSR count). The Kier molecular flexibility index (Phi) is 3.61. The van der Waals surface area contributed by atoms with Gasteiger partial charge in [0.2, 0.25) is 5.91 Å². The average molecular weight is 329 g/mol. The monoisotopic (exact) mass is 329 g/mol. The molecule has 0 bridgehead atoms. The second-order valence-corrected chi connectivity index (χ2v) is 6.82. The summed E-state index contributed by atoms with van der Waals surface area (Å²) >= 11 is 1.60. The van der Waals surface area contributed by atoms with Crippen LogP contribution in [0.4, 0.5) is 4.39 Å². The first-order valence-corrected chi connectivity index (χ1v) is 8.56. The molecule has 23 heavy (non-hydrogen) atoms. The predicted octanol–water partition coefficient (Wildman–Crippen LogP) is 3.67. The Labute approximate surface area is 137 Å². The first-order chi connectivity index (χ1) is 11.2. The standard InChI is InChI=1S/C17H16FN3OS/c18-11-5-6-13-14(9-11)20-17(19-13)15-4-1-7-21(15)16(22)10-12-3-2-8-23-12/h2-3,5-6,8-9,15H,1,4,7,10H2,(H,19,20)/t15-/m0/s1. The van der Waals surface area contributed by atoms with E-state index in [9.17, 15) is 9.18 Å². The third kappa shape index (κ3) is 2.74. The van der Waals surface area contributed by atoms with Gasteiger partial charge >= 0.3 is 0 Å². The molecule has 1 saturated heterocycles. The highest BCUT2D eigenvalue weighted by Gasteiger charge is 2.32. The Bertz CT molecular complexity index is 843. The number of fused-ring (bicyclic) bond motifs is 1. The number of aromatic amines is 1. The third-order valence-electron chi connectivity index (χ3n) is 4.26. The fourth-order valence-corrected chi connectivity index (χ4v) is 3.87. The van der Waals surface area contributed by atoms with E-state index in [0.717, 1.165) is 35.6 Å². The van der Waals surface area contributed by atoms with Crippen molar-refractivity contribution < 1.29 is 9.18 Å². The number of nitrogens with one attached hydrogen (secondary N) is 1. The number of halogens is 1. The van der Waals surface area contributed by atoms with Crippen LogP contribution in [0, 0.1) is 5.82 Å². The summed E-state index contributed by atoms with van der Waals surface area (Å²) in [7, 11) is 0. The number of nitrogens with zero attached hydrogens (tertiary/aromatic N) is 2. The molecule has 3 aromatic rings. The zero-order chi connectivity index (χ0) is 15.8. The number of benzene rings is 1. The van der Waals surface area contributed by atoms with Gasteiger partial charge in [0.05, 0.1) is 23.5 Å². The molecule has 1 amide bonds. The van der Waals surface area contributed by atoms with E-state index in [4.69, 9.17) is 0 Å². The van der Waals surface area contributed by atoms with Gasteiger partial charge in [-0.15, -0.1) is 11.3 Å². The Balaban J connectivity index is 1.59. The second-order valence-electron chi connectivity index (χ2n) is 5.78. The molecular weight excluding hydrogens is 313 g/mol. The van der Waals surface area contributed by atoms with Crippen molar-refractivity contribution in [2.45, 2.75) is 25.3 Å². The molecule has 1 N–H and O–H groups in total. The maximum Gasteiger partial charge on any atom is 0.228 e. The minimum atomic E-state index is -0.287. The highest BCUT2D eigenvalue weighted by molar-refractivity contribution is 7.10.